The molecule has 5 heteroatoms. The lowest BCUT2D eigenvalue weighted by Gasteiger charge is -2.10. The monoisotopic (exact) mass is 286 g/mol. The van der Waals surface area contributed by atoms with Crippen molar-refractivity contribution in [2.24, 2.45) is 0 Å². The van der Waals surface area contributed by atoms with E-state index in [9.17, 15) is 8.42 Å². The summed E-state index contributed by atoms with van der Waals surface area (Å²) in [5, 5.41) is 1.64. The molecule has 0 saturated carbocycles. The molecule has 3 rings (SSSR count). The standard InChI is InChI=1S/C15H14N2O2S/c1-2-15-16-10-11-17(15)20(18,19)14-9-5-7-12-6-3-4-8-13(12)14/h3-11H,2H2,1H3. The second kappa shape index (κ2) is 4.76. The largest absolute Gasteiger partial charge is 0.269 e. The first-order valence-corrected chi connectivity index (χ1v) is 7.84. The number of aromatic nitrogens is 2. The van der Waals surface area contributed by atoms with Gasteiger partial charge in [0.2, 0.25) is 0 Å². The first-order chi connectivity index (χ1) is 9.64. The Morgan fingerprint density at radius 2 is 1.85 bits per heavy atom. The molecule has 4 nitrogen and oxygen atoms in total. The van der Waals surface area contributed by atoms with Crippen LogP contribution in [0.5, 0.6) is 0 Å². The average Bonchev–Trinajstić information content (AvgIpc) is 2.96. The number of benzene rings is 2. The fourth-order valence-electron chi connectivity index (χ4n) is 2.32. The Labute approximate surface area is 117 Å². The third-order valence-electron chi connectivity index (χ3n) is 3.28. The highest BCUT2D eigenvalue weighted by atomic mass is 32.2. The number of hydrogen-bond acceptors (Lipinski definition) is 3. The van der Waals surface area contributed by atoms with Gasteiger partial charge in [0.15, 0.2) is 0 Å². The maximum atomic E-state index is 12.8. The van der Waals surface area contributed by atoms with Crippen molar-refractivity contribution in [3.05, 3.63) is 60.7 Å². The van der Waals surface area contributed by atoms with Gasteiger partial charge in [0.05, 0.1) is 4.90 Å². The minimum atomic E-state index is -3.61. The molecule has 0 aliphatic rings. The number of hydrogen-bond donors (Lipinski definition) is 0. The Bertz CT molecular complexity index is 861. The summed E-state index contributed by atoms with van der Waals surface area (Å²) in [6.07, 6.45) is 3.58. The zero-order valence-electron chi connectivity index (χ0n) is 11.0. The summed E-state index contributed by atoms with van der Waals surface area (Å²) < 4.78 is 26.9. The topological polar surface area (TPSA) is 52.0 Å². The van der Waals surface area contributed by atoms with Gasteiger partial charge in [-0.3, -0.25) is 0 Å². The number of nitrogens with zero attached hydrogens (tertiary/aromatic N) is 2. The molecule has 0 atom stereocenters. The zero-order chi connectivity index (χ0) is 14.2. The first-order valence-electron chi connectivity index (χ1n) is 6.40. The Morgan fingerprint density at radius 1 is 1.10 bits per heavy atom. The number of imidazole rings is 1. The van der Waals surface area contributed by atoms with Crippen molar-refractivity contribution in [1.82, 2.24) is 8.96 Å². The van der Waals surface area contributed by atoms with E-state index in [2.05, 4.69) is 4.98 Å². The van der Waals surface area contributed by atoms with E-state index < -0.39 is 10.0 Å². The van der Waals surface area contributed by atoms with Gasteiger partial charge < -0.3 is 0 Å². The van der Waals surface area contributed by atoms with E-state index in [1.807, 2.05) is 37.3 Å². The van der Waals surface area contributed by atoms with Crippen LogP contribution >= 0.6 is 0 Å². The summed E-state index contributed by atoms with van der Waals surface area (Å²) in [6.45, 7) is 1.89. The predicted octanol–water partition coefficient (Wildman–Crippen LogP) is 2.84. The molecule has 0 saturated heterocycles. The van der Waals surface area contributed by atoms with Crippen LogP contribution in [0.15, 0.2) is 59.8 Å². The van der Waals surface area contributed by atoms with E-state index >= 15 is 0 Å². The lowest BCUT2D eigenvalue weighted by atomic mass is 10.1. The van der Waals surface area contributed by atoms with Gasteiger partial charge in [-0.15, -0.1) is 0 Å². The third-order valence-corrected chi connectivity index (χ3v) is 5.04. The highest BCUT2D eigenvalue weighted by Crippen LogP contribution is 2.25. The van der Waals surface area contributed by atoms with E-state index in [0.29, 0.717) is 17.1 Å². The molecule has 0 aliphatic heterocycles. The van der Waals surface area contributed by atoms with Gasteiger partial charge in [-0.1, -0.05) is 43.3 Å². The van der Waals surface area contributed by atoms with Crippen molar-refractivity contribution in [1.29, 1.82) is 0 Å². The van der Waals surface area contributed by atoms with Crippen LogP contribution in [0.2, 0.25) is 0 Å². The maximum absolute atomic E-state index is 12.8. The summed E-state index contributed by atoms with van der Waals surface area (Å²) in [4.78, 5) is 4.40. The van der Waals surface area contributed by atoms with Gasteiger partial charge in [0, 0.05) is 24.2 Å². The second-order valence-corrected chi connectivity index (χ2v) is 6.26. The number of aryl methyl sites for hydroxylation is 1. The van der Waals surface area contributed by atoms with Crippen molar-refractivity contribution in [3.63, 3.8) is 0 Å². The zero-order valence-corrected chi connectivity index (χ0v) is 11.8. The SMILES string of the molecule is CCc1nccn1S(=O)(=O)c1cccc2ccccc12. The molecular weight excluding hydrogens is 272 g/mol. The van der Waals surface area contributed by atoms with E-state index in [0.717, 1.165) is 10.8 Å². The molecular formula is C15H14N2O2S. The van der Waals surface area contributed by atoms with E-state index in [1.54, 1.807) is 12.1 Å². The van der Waals surface area contributed by atoms with Crippen LogP contribution in [-0.4, -0.2) is 17.4 Å². The molecule has 3 aromatic rings. The molecule has 0 amide bonds. The fraction of sp³-hybridized carbons (Fsp3) is 0.133. The van der Waals surface area contributed by atoms with Gasteiger partial charge >= 0.3 is 0 Å². The summed E-state index contributed by atoms with van der Waals surface area (Å²) in [7, 11) is -3.61. The highest BCUT2D eigenvalue weighted by Gasteiger charge is 2.21. The molecule has 20 heavy (non-hydrogen) atoms. The molecule has 0 radical (unpaired) electrons. The molecule has 0 aliphatic carbocycles. The van der Waals surface area contributed by atoms with Crippen molar-refractivity contribution in [3.8, 4) is 0 Å². The van der Waals surface area contributed by atoms with Gasteiger partial charge in [-0.2, -0.15) is 0 Å². The van der Waals surface area contributed by atoms with Gasteiger partial charge in [0.1, 0.15) is 5.82 Å². The summed E-state index contributed by atoms with van der Waals surface area (Å²) in [6, 6.07) is 12.8. The van der Waals surface area contributed by atoms with Crippen LogP contribution in [0.4, 0.5) is 0 Å². The number of rotatable bonds is 3. The third kappa shape index (κ3) is 1.91. The molecule has 102 valence electrons. The summed E-state index contributed by atoms with van der Waals surface area (Å²) in [5.41, 5.74) is 0. The Morgan fingerprint density at radius 3 is 2.65 bits per heavy atom. The summed E-state index contributed by atoms with van der Waals surface area (Å²) in [5.74, 6) is 0.540. The quantitative estimate of drug-likeness (QED) is 0.744. The van der Waals surface area contributed by atoms with Crippen molar-refractivity contribution in [2.45, 2.75) is 18.2 Å². The van der Waals surface area contributed by atoms with Crippen molar-refractivity contribution < 1.29 is 8.42 Å². The van der Waals surface area contributed by atoms with Crippen LogP contribution in [0.25, 0.3) is 10.8 Å². The second-order valence-electron chi connectivity index (χ2n) is 4.48. The van der Waals surface area contributed by atoms with Gasteiger partial charge in [0.25, 0.3) is 10.0 Å². The first kappa shape index (κ1) is 12.9. The maximum Gasteiger partial charge on any atom is 0.269 e. The van der Waals surface area contributed by atoms with Crippen molar-refractivity contribution in [2.75, 3.05) is 0 Å². The van der Waals surface area contributed by atoms with E-state index in [4.69, 9.17) is 0 Å². The molecule has 1 heterocycles. The molecule has 0 unspecified atom stereocenters. The fourth-order valence-corrected chi connectivity index (χ4v) is 3.91. The lowest BCUT2D eigenvalue weighted by Crippen LogP contribution is -2.15. The van der Waals surface area contributed by atoms with Crippen LogP contribution in [-0.2, 0) is 16.4 Å². The molecule has 0 fully saturated rings. The molecule has 0 spiro atoms. The molecule has 0 bridgehead atoms. The Kier molecular flexibility index (Phi) is 3.06. The average molecular weight is 286 g/mol. The smallest absolute Gasteiger partial charge is 0.241 e. The van der Waals surface area contributed by atoms with E-state index in [1.165, 1.54) is 16.4 Å². The molecule has 1 aromatic heterocycles. The lowest BCUT2D eigenvalue weighted by molar-refractivity contribution is 0.585. The minimum Gasteiger partial charge on any atom is -0.241 e. The summed E-state index contributed by atoms with van der Waals surface area (Å²) >= 11 is 0. The van der Waals surface area contributed by atoms with Crippen molar-refractivity contribution >= 4 is 20.8 Å². The highest BCUT2D eigenvalue weighted by molar-refractivity contribution is 7.90. The number of fused-ring (bicyclic) bond motifs is 1. The van der Waals surface area contributed by atoms with Crippen LogP contribution < -0.4 is 0 Å². The van der Waals surface area contributed by atoms with Crippen LogP contribution in [0.3, 0.4) is 0 Å². The normalized spacial score (nSPS) is 11.8. The molecule has 0 N–H and O–H groups in total. The van der Waals surface area contributed by atoms with Gasteiger partial charge in [-0.25, -0.2) is 17.4 Å². The minimum absolute atomic E-state index is 0.309. The Hall–Kier alpha value is -2.14. The Balaban J connectivity index is 2.30. The van der Waals surface area contributed by atoms with Crippen LogP contribution in [0.1, 0.15) is 12.7 Å². The van der Waals surface area contributed by atoms with E-state index in [-0.39, 0.29) is 0 Å². The predicted molar refractivity (Wildman–Crippen MR) is 78.1 cm³/mol. The van der Waals surface area contributed by atoms with Crippen LogP contribution in [0, 0.1) is 0 Å². The van der Waals surface area contributed by atoms with Gasteiger partial charge in [-0.05, 0) is 11.5 Å². The molecule has 2 aromatic carbocycles.